The number of fused-ring (bicyclic) bond motifs is 2. The molecule has 2 heteroatoms. The van der Waals surface area contributed by atoms with Crippen molar-refractivity contribution in [1.82, 2.24) is 5.32 Å². The normalized spacial score (nSPS) is 28.9. The molecule has 3 rings (SSSR count). The van der Waals surface area contributed by atoms with Gasteiger partial charge in [-0.3, -0.25) is 0 Å². The van der Waals surface area contributed by atoms with Crippen LogP contribution < -0.4 is 5.32 Å². The van der Waals surface area contributed by atoms with Crippen LogP contribution in [0.25, 0.3) is 0 Å². The van der Waals surface area contributed by atoms with Crippen LogP contribution in [-0.2, 0) is 11.2 Å². The molecule has 0 aromatic heterocycles. The Bertz CT molecular complexity index is 419. The van der Waals surface area contributed by atoms with Crippen LogP contribution in [-0.4, -0.2) is 24.8 Å². The fourth-order valence-electron chi connectivity index (χ4n) is 4.07. The predicted octanol–water partition coefficient (Wildman–Crippen LogP) is 3.95. The average molecular weight is 287 g/mol. The second-order valence-corrected chi connectivity index (χ2v) is 6.71. The smallest absolute Gasteiger partial charge is 0.0623 e. The summed E-state index contributed by atoms with van der Waals surface area (Å²) in [5.41, 5.74) is 1.47. The van der Waals surface area contributed by atoms with E-state index in [2.05, 4.69) is 42.6 Å². The van der Waals surface area contributed by atoms with E-state index in [-0.39, 0.29) is 0 Å². The Morgan fingerprint density at radius 3 is 2.76 bits per heavy atom. The molecule has 116 valence electrons. The monoisotopic (exact) mass is 287 g/mol. The molecular formula is C19H29NO. The second kappa shape index (κ2) is 7.42. The fraction of sp³-hybridized carbons (Fsp3) is 0.684. The number of aryl methyl sites for hydroxylation is 1. The largest absolute Gasteiger partial charge is 0.375 e. The zero-order chi connectivity index (χ0) is 14.5. The molecule has 0 aliphatic carbocycles. The van der Waals surface area contributed by atoms with Crippen LogP contribution in [0, 0.1) is 5.92 Å². The topological polar surface area (TPSA) is 21.3 Å². The summed E-state index contributed by atoms with van der Waals surface area (Å²) in [5, 5.41) is 3.80. The summed E-state index contributed by atoms with van der Waals surface area (Å²) in [5.74, 6) is 0.756. The van der Waals surface area contributed by atoms with Crippen molar-refractivity contribution in [2.75, 3.05) is 6.54 Å². The summed E-state index contributed by atoms with van der Waals surface area (Å²) in [6, 6.07) is 11.5. The van der Waals surface area contributed by atoms with Crippen molar-refractivity contribution >= 4 is 0 Å². The molecular weight excluding hydrogens is 258 g/mol. The Kier molecular flexibility index (Phi) is 5.32. The van der Waals surface area contributed by atoms with Gasteiger partial charge in [0.25, 0.3) is 0 Å². The summed E-state index contributed by atoms with van der Waals surface area (Å²) in [6.45, 7) is 3.40. The van der Waals surface area contributed by atoms with Gasteiger partial charge in [-0.15, -0.1) is 0 Å². The van der Waals surface area contributed by atoms with E-state index in [1.165, 1.54) is 50.5 Å². The predicted molar refractivity (Wildman–Crippen MR) is 87.5 cm³/mol. The Hall–Kier alpha value is -0.860. The zero-order valence-corrected chi connectivity index (χ0v) is 13.3. The number of hydrogen-bond acceptors (Lipinski definition) is 2. The van der Waals surface area contributed by atoms with Crippen molar-refractivity contribution in [2.24, 2.45) is 5.92 Å². The SMILES string of the molecule is CCCNC(CCCc1ccccc1)C1CC2CCC1O2. The molecule has 4 unspecified atom stereocenters. The first-order valence-corrected chi connectivity index (χ1v) is 8.79. The lowest BCUT2D eigenvalue weighted by molar-refractivity contribution is 0.0848. The van der Waals surface area contributed by atoms with Gasteiger partial charge in [0, 0.05) is 12.0 Å². The van der Waals surface area contributed by atoms with E-state index in [0.29, 0.717) is 18.2 Å². The minimum Gasteiger partial charge on any atom is -0.375 e. The van der Waals surface area contributed by atoms with Crippen molar-refractivity contribution in [2.45, 2.75) is 70.1 Å². The molecule has 0 amide bonds. The Labute approximate surface area is 129 Å². The van der Waals surface area contributed by atoms with E-state index in [1.807, 2.05) is 0 Å². The molecule has 1 aromatic rings. The van der Waals surface area contributed by atoms with E-state index in [4.69, 9.17) is 4.74 Å². The molecule has 2 aliphatic rings. The van der Waals surface area contributed by atoms with Crippen molar-refractivity contribution < 1.29 is 4.74 Å². The summed E-state index contributed by atoms with van der Waals surface area (Å²) in [4.78, 5) is 0. The van der Waals surface area contributed by atoms with Gasteiger partial charge in [-0.2, -0.15) is 0 Å². The third kappa shape index (κ3) is 3.87. The van der Waals surface area contributed by atoms with Crippen molar-refractivity contribution in [3.8, 4) is 0 Å². The van der Waals surface area contributed by atoms with Crippen LogP contribution in [0.3, 0.4) is 0 Å². The van der Waals surface area contributed by atoms with Crippen LogP contribution in [0.4, 0.5) is 0 Å². The lowest BCUT2D eigenvalue weighted by Crippen LogP contribution is -2.41. The maximum atomic E-state index is 6.07. The van der Waals surface area contributed by atoms with Gasteiger partial charge in [-0.05, 0) is 57.1 Å². The van der Waals surface area contributed by atoms with Crippen LogP contribution >= 0.6 is 0 Å². The van der Waals surface area contributed by atoms with Gasteiger partial charge >= 0.3 is 0 Å². The minimum atomic E-state index is 0.543. The lowest BCUT2D eigenvalue weighted by atomic mass is 9.81. The summed E-state index contributed by atoms with van der Waals surface area (Å²) >= 11 is 0. The third-order valence-electron chi connectivity index (χ3n) is 5.15. The van der Waals surface area contributed by atoms with Crippen LogP contribution in [0.15, 0.2) is 30.3 Å². The summed E-state index contributed by atoms with van der Waals surface area (Å²) < 4.78 is 6.07. The van der Waals surface area contributed by atoms with Gasteiger partial charge in [-0.1, -0.05) is 37.3 Å². The molecule has 1 aromatic carbocycles. The van der Waals surface area contributed by atoms with E-state index in [9.17, 15) is 0 Å². The Morgan fingerprint density at radius 1 is 1.24 bits per heavy atom. The maximum Gasteiger partial charge on any atom is 0.0623 e. The zero-order valence-electron chi connectivity index (χ0n) is 13.3. The highest BCUT2D eigenvalue weighted by Crippen LogP contribution is 2.41. The minimum absolute atomic E-state index is 0.543. The van der Waals surface area contributed by atoms with E-state index in [1.54, 1.807) is 0 Å². The Morgan fingerprint density at radius 2 is 2.10 bits per heavy atom. The number of nitrogens with one attached hydrogen (secondary N) is 1. The van der Waals surface area contributed by atoms with E-state index < -0.39 is 0 Å². The van der Waals surface area contributed by atoms with Crippen LogP contribution in [0.2, 0.25) is 0 Å². The summed E-state index contributed by atoms with van der Waals surface area (Å²) in [7, 11) is 0. The molecule has 2 nitrogen and oxygen atoms in total. The molecule has 2 saturated heterocycles. The third-order valence-corrected chi connectivity index (χ3v) is 5.15. The highest BCUT2D eigenvalue weighted by atomic mass is 16.5. The quantitative estimate of drug-likeness (QED) is 0.782. The molecule has 2 aliphatic heterocycles. The molecule has 2 fully saturated rings. The lowest BCUT2D eigenvalue weighted by Gasteiger charge is -2.29. The number of ether oxygens (including phenoxy) is 1. The van der Waals surface area contributed by atoms with Crippen molar-refractivity contribution in [1.29, 1.82) is 0 Å². The molecule has 2 heterocycles. The van der Waals surface area contributed by atoms with Gasteiger partial charge in [0.1, 0.15) is 0 Å². The second-order valence-electron chi connectivity index (χ2n) is 6.71. The van der Waals surface area contributed by atoms with Gasteiger partial charge < -0.3 is 10.1 Å². The first-order valence-electron chi connectivity index (χ1n) is 8.79. The van der Waals surface area contributed by atoms with Gasteiger partial charge in [0.15, 0.2) is 0 Å². The number of rotatable bonds is 8. The number of hydrogen-bond donors (Lipinski definition) is 1. The molecule has 0 spiro atoms. The van der Waals surface area contributed by atoms with Crippen LogP contribution in [0.1, 0.15) is 51.0 Å². The van der Waals surface area contributed by atoms with Crippen LogP contribution in [0.5, 0.6) is 0 Å². The molecule has 0 saturated carbocycles. The first-order chi connectivity index (χ1) is 10.4. The fourth-order valence-corrected chi connectivity index (χ4v) is 4.07. The highest BCUT2D eigenvalue weighted by molar-refractivity contribution is 5.14. The molecule has 21 heavy (non-hydrogen) atoms. The molecule has 4 atom stereocenters. The average Bonchev–Trinajstić information content (AvgIpc) is 3.14. The Balaban J connectivity index is 1.50. The van der Waals surface area contributed by atoms with Gasteiger partial charge in [-0.25, -0.2) is 0 Å². The highest BCUT2D eigenvalue weighted by Gasteiger charge is 2.43. The van der Waals surface area contributed by atoms with Crippen molar-refractivity contribution in [3.63, 3.8) is 0 Å². The molecule has 1 N–H and O–H groups in total. The first kappa shape index (κ1) is 15.1. The standard InChI is InChI=1S/C19H29NO/c1-2-13-20-18(17-14-16-11-12-19(17)21-16)10-6-9-15-7-4-3-5-8-15/h3-5,7-8,16-20H,2,6,9-14H2,1H3. The van der Waals surface area contributed by atoms with E-state index >= 15 is 0 Å². The maximum absolute atomic E-state index is 6.07. The van der Waals surface area contributed by atoms with E-state index in [0.717, 1.165) is 12.5 Å². The van der Waals surface area contributed by atoms with Crippen molar-refractivity contribution in [3.05, 3.63) is 35.9 Å². The summed E-state index contributed by atoms with van der Waals surface area (Å²) in [6.07, 6.45) is 9.97. The number of benzene rings is 1. The van der Waals surface area contributed by atoms with Gasteiger partial charge in [0.2, 0.25) is 0 Å². The van der Waals surface area contributed by atoms with Gasteiger partial charge in [0.05, 0.1) is 12.2 Å². The molecule has 0 radical (unpaired) electrons. The molecule has 2 bridgehead atoms.